The fraction of sp³-hybridized carbons (Fsp3) is 0.474. The highest BCUT2D eigenvalue weighted by Gasteiger charge is 2.35. The number of benzene rings is 2. The van der Waals surface area contributed by atoms with Crippen LogP contribution in [0.25, 0.3) is 10.8 Å². The van der Waals surface area contributed by atoms with Crippen molar-refractivity contribution in [3.63, 3.8) is 0 Å². The van der Waals surface area contributed by atoms with Gasteiger partial charge in [0.2, 0.25) is 0 Å². The minimum atomic E-state index is -0.0142. The summed E-state index contributed by atoms with van der Waals surface area (Å²) in [5.74, 6) is 0. The molecule has 1 saturated carbocycles. The Bertz CT molecular complexity index is 597. The Morgan fingerprint density at radius 2 is 1.55 bits per heavy atom. The van der Waals surface area contributed by atoms with E-state index < -0.39 is 0 Å². The van der Waals surface area contributed by atoms with Gasteiger partial charge in [-0.3, -0.25) is 0 Å². The molecule has 1 fully saturated rings. The average Bonchev–Trinajstić information content (AvgIpc) is 2.43. The van der Waals surface area contributed by atoms with E-state index in [1.54, 1.807) is 0 Å². The topological polar surface area (TPSA) is 26.0 Å². The first kappa shape index (κ1) is 13.6. The first-order chi connectivity index (χ1) is 9.48. The van der Waals surface area contributed by atoms with Crippen molar-refractivity contribution in [1.29, 1.82) is 0 Å². The number of rotatable bonds is 2. The lowest BCUT2D eigenvalue weighted by atomic mass is 9.68. The standard InChI is InChI=1S/C19H25N/c1-18(2)10-12-19(20,13-11-18)14-16-8-5-7-15-6-3-4-9-17(15)16/h3-9H,10-14,20H2,1-2H3. The molecule has 1 nitrogen and oxygen atoms in total. The summed E-state index contributed by atoms with van der Waals surface area (Å²) in [7, 11) is 0. The highest BCUT2D eigenvalue weighted by molar-refractivity contribution is 5.85. The van der Waals surface area contributed by atoms with E-state index in [9.17, 15) is 0 Å². The quantitative estimate of drug-likeness (QED) is 0.840. The zero-order valence-corrected chi connectivity index (χ0v) is 12.7. The van der Waals surface area contributed by atoms with E-state index in [0.717, 1.165) is 19.3 Å². The zero-order valence-electron chi connectivity index (χ0n) is 12.7. The van der Waals surface area contributed by atoms with Gasteiger partial charge in [0.25, 0.3) is 0 Å². The lowest BCUT2D eigenvalue weighted by molar-refractivity contribution is 0.165. The monoisotopic (exact) mass is 267 g/mol. The Morgan fingerprint density at radius 3 is 2.30 bits per heavy atom. The van der Waals surface area contributed by atoms with Crippen LogP contribution in [0.5, 0.6) is 0 Å². The van der Waals surface area contributed by atoms with E-state index in [-0.39, 0.29) is 5.54 Å². The molecule has 0 aliphatic heterocycles. The van der Waals surface area contributed by atoms with Crippen LogP contribution in [0.2, 0.25) is 0 Å². The first-order valence-electron chi connectivity index (χ1n) is 7.73. The SMILES string of the molecule is CC1(C)CCC(N)(Cc2cccc3ccccc23)CC1. The van der Waals surface area contributed by atoms with Crippen molar-refractivity contribution in [1.82, 2.24) is 0 Å². The van der Waals surface area contributed by atoms with E-state index in [1.807, 2.05) is 0 Å². The maximum Gasteiger partial charge on any atom is 0.0195 e. The van der Waals surface area contributed by atoms with Crippen LogP contribution < -0.4 is 5.73 Å². The molecular weight excluding hydrogens is 242 g/mol. The van der Waals surface area contributed by atoms with Gasteiger partial charge in [-0.15, -0.1) is 0 Å². The predicted octanol–water partition coefficient (Wildman–Crippen LogP) is 4.68. The second-order valence-electron chi connectivity index (χ2n) is 7.34. The largest absolute Gasteiger partial charge is 0.325 e. The van der Waals surface area contributed by atoms with Crippen molar-refractivity contribution in [2.45, 2.75) is 51.5 Å². The molecule has 0 atom stereocenters. The molecule has 0 amide bonds. The summed E-state index contributed by atoms with van der Waals surface area (Å²) in [5.41, 5.74) is 8.57. The van der Waals surface area contributed by atoms with Gasteiger partial charge in [0.15, 0.2) is 0 Å². The highest BCUT2D eigenvalue weighted by atomic mass is 14.7. The summed E-state index contributed by atoms with van der Waals surface area (Å²) in [4.78, 5) is 0. The Hall–Kier alpha value is -1.34. The van der Waals surface area contributed by atoms with Crippen LogP contribution >= 0.6 is 0 Å². The summed E-state index contributed by atoms with van der Waals surface area (Å²) in [5, 5.41) is 2.69. The van der Waals surface area contributed by atoms with Gasteiger partial charge in [0.1, 0.15) is 0 Å². The normalized spacial score (nSPS) is 20.9. The maximum absolute atomic E-state index is 6.70. The molecule has 0 bridgehead atoms. The third kappa shape index (κ3) is 2.73. The number of hydrogen-bond acceptors (Lipinski definition) is 1. The molecule has 1 heteroatoms. The minimum Gasteiger partial charge on any atom is -0.325 e. The first-order valence-corrected chi connectivity index (χ1v) is 7.73. The van der Waals surface area contributed by atoms with Crippen LogP contribution in [-0.4, -0.2) is 5.54 Å². The van der Waals surface area contributed by atoms with Gasteiger partial charge in [0.05, 0.1) is 0 Å². The lowest BCUT2D eigenvalue weighted by Crippen LogP contribution is -2.46. The molecule has 1 aliphatic carbocycles. The number of fused-ring (bicyclic) bond motifs is 1. The van der Waals surface area contributed by atoms with Crippen LogP contribution in [0.4, 0.5) is 0 Å². The fourth-order valence-electron chi connectivity index (χ4n) is 3.43. The zero-order chi connectivity index (χ0) is 14.2. The van der Waals surface area contributed by atoms with Crippen LogP contribution in [0.15, 0.2) is 42.5 Å². The third-order valence-electron chi connectivity index (χ3n) is 5.02. The van der Waals surface area contributed by atoms with Crippen LogP contribution in [0.1, 0.15) is 45.1 Å². The third-order valence-corrected chi connectivity index (χ3v) is 5.02. The van der Waals surface area contributed by atoms with E-state index in [4.69, 9.17) is 5.73 Å². The Labute approximate surface area is 122 Å². The summed E-state index contributed by atoms with van der Waals surface area (Å²) in [6, 6.07) is 15.2. The van der Waals surface area contributed by atoms with Crippen LogP contribution in [0.3, 0.4) is 0 Å². The smallest absolute Gasteiger partial charge is 0.0195 e. The van der Waals surface area contributed by atoms with Crippen LogP contribution in [0, 0.1) is 5.41 Å². The van der Waals surface area contributed by atoms with Crippen LogP contribution in [-0.2, 0) is 6.42 Å². The van der Waals surface area contributed by atoms with E-state index >= 15 is 0 Å². The summed E-state index contributed by atoms with van der Waals surface area (Å²) in [6.07, 6.45) is 5.78. The molecule has 2 aromatic carbocycles. The minimum absolute atomic E-state index is 0.0142. The number of hydrogen-bond donors (Lipinski definition) is 1. The van der Waals surface area contributed by atoms with Gasteiger partial charge >= 0.3 is 0 Å². The lowest BCUT2D eigenvalue weighted by Gasteiger charge is -2.41. The summed E-state index contributed by atoms with van der Waals surface area (Å²) < 4.78 is 0. The van der Waals surface area contributed by atoms with Gasteiger partial charge in [-0.25, -0.2) is 0 Å². The van der Waals surface area contributed by atoms with Crippen molar-refractivity contribution in [2.24, 2.45) is 11.1 Å². The summed E-state index contributed by atoms with van der Waals surface area (Å²) >= 11 is 0. The molecule has 0 radical (unpaired) electrons. The Kier molecular flexibility index (Phi) is 3.33. The second kappa shape index (κ2) is 4.89. The molecule has 20 heavy (non-hydrogen) atoms. The fourth-order valence-corrected chi connectivity index (χ4v) is 3.43. The number of nitrogens with two attached hydrogens (primary N) is 1. The van der Waals surface area contributed by atoms with Gasteiger partial charge in [-0.1, -0.05) is 56.3 Å². The van der Waals surface area contributed by atoms with Crippen molar-refractivity contribution in [3.05, 3.63) is 48.0 Å². The van der Waals surface area contributed by atoms with Gasteiger partial charge < -0.3 is 5.73 Å². The molecule has 2 aromatic rings. The van der Waals surface area contributed by atoms with E-state index in [1.165, 1.54) is 29.2 Å². The molecule has 2 N–H and O–H groups in total. The highest BCUT2D eigenvalue weighted by Crippen LogP contribution is 2.40. The molecule has 0 spiro atoms. The van der Waals surface area contributed by atoms with Crippen molar-refractivity contribution < 1.29 is 0 Å². The van der Waals surface area contributed by atoms with Crippen molar-refractivity contribution >= 4 is 10.8 Å². The molecule has 106 valence electrons. The predicted molar refractivity (Wildman–Crippen MR) is 86.8 cm³/mol. The van der Waals surface area contributed by atoms with Gasteiger partial charge in [0, 0.05) is 5.54 Å². The molecule has 0 heterocycles. The second-order valence-corrected chi connectivity index (χ2v) is 7.34. The van der Waals surface area contributed by atoms with E-state index in [2.05, 4.69) is 56.3 Å². The molecule has 0 saturated heterocycles. The molecule has 3 rings (SSSR count). The molecule has 0 aromatic heterocycles. The van der Waals surface area contributed by atoms with Gasteiger partial charge in [-0.2, -0.15) is 0 Å². The molecule has 1 aliphatic rings. The van der Waals surface area contributed by atoms with Crippen molar-refractivity contribution in [3.8, 4) is 0 Å². The molecule has 0 unspecified atom stereocenters. The van der Waals surface area contributed by atoms with Crippen molar-refractivity contribution in [2.75, 3.05) is 0 Å². The molecular formula is C19H25N. The average molecular weight is 267 g/mol. The maximum atomic E-state index is 6.70. The Morgan fingerprint density at radius 1 is 0.900 bits per heavy atom. The van der Waals surface area contributed by atoms with Gasteiger partial charge in [-0.05, 0) is 53.9 Å². The summed E-state index contributed by atoms with van der Waals surface area (Å²) in [6.45, 7) is 4.73. The Balaban J connectivity index is 1.86. The van der Waals surface area contributed by atoms with E-state index in [0.29, 0.717) is 5.41 Å².